The van der Waals surface area contributed by atoms with Crippen LogP contribution in [0.2, 0.25) is 0 Å². The van der Waals surface area contributed by atoms with Gasteiger partial charge in [-0.1, -0.05) is 251 Å². The third-order valence-electron chi connectivity index (χ3n) is 12.0. The van der Waals surface area contributed by atoms with Gasteiger partial charge >= 0.3 is 17.9 Å². The zero-order valence-electron chi connectivity index (χ0n) is 40.5. The minimum Gasteiger partial charge on any atom is -0.462 e. The lowest BCUT2D eigenvalue weighted by atomic mass is 10.0. The Kier molecular flexibility index (Phi) is 48.3. The van der Waals surface area contributed by atoms with Crippen LogP contribution in [0.15, 0.2) is 12.2 Å². The van der Waals surface area contributed by atoms with Gasteiger partial charge in [-0.2, -0.15) is 0 Å². The number of esters is 3. The molecule has 1 unspecified atom stereocenters. The number of carbonyl (C=O) groups excluding carboxylic acids is 3. The molecule has 354 valence electrons. The molecule has 0 aliphatic carbocycles. The summed E-state index contributed by atoms with van der Waals surface area (Å²) < 4.78 is 16.8. The van der Waals surface area contributed by atoms with Crippen molar-refractivity contribution in [2.45, 2.75) is 303 Å². The number of hydrogen-bond donors (Lipinski definition) is 0. The van der Waals surface area contributed by atoms with Crippen molar-refractivity contribution < 1.29 is 28.6 Å². The zero-order chi connectivity index (χ0) is 43.7. The van der Waals surface area contributed by atoms with Crippen molar-refractivity contribution in [1.29, 1.82) is 0 Å². The highest BCUT2D eigenvalue weighted by molar-refractivity contribution is 5.71. The molecule has 0 radical (unpaired) electrons. The highest BCUT2D eigenvalue weighted by Gasteiger charge is 2.19. The van der Waals surface area contributed by atoms with Crippen molar-refractivity contribution >= 4 is 17.9 Å². The lowest BCUT2D eigenvalue weighted by molar-refractivity contribution is -0.167. The molecule has 0 fully saturated rings. The number of unbranched alkanes of at least 4 members (excludes halogenated alkanes) is 36. The standard InChI is InChI=1S/C54H102O6/c1-4-7-10-13-16-19-22-24-26-27-28-29-31-32-35-38-41-44-47-53(56)59-50-51(49-58-52(55)46-43-40-37-34-21-18-15-12-9-6-3)60-54(57)48-45-42-39-36-33-30-25-23-20-17-14-11-8-5-2/h12,15,51H,4-11,13-14,16-50H2,1-3H3/b15-12-. The maximum absolute atomic E-state index is 12.8. The Morgan fingerprint density at radius 2 is 0.583 bits per heavy atom. The summed E-state index contributed by atoms with van der Waals surface area (Å²) in [5.41, 5.74) is 0. The molecule has 0 rings (SSSR count). The maximum atomic E-state index is 12.8. The van der Waals surface area contributed by atoms with Gasteiger partial charge in [0.1, 0.15) is 13.2 Å². The second kappa shape index (κ2) is 49.8. The molecule has 0 N–H and O–H groups in total. The first-order valence-electron chi connectivity index (χ1n) is 26.7. The van der Waals surface area contributed by atoms with Gasteiger partial charge in [0.2, 0.25) is 0 Å². The van der Waals surface area contributed by atoms with Gasteiger partial charge in [0.15, 0.2) is 6.10 Å². The van der Waals surface area contributed by atoms with Gasteiger partial charge in [0, 0.05) is 19.3 Å². The monoisotopic (exact) mass is 847 g/mol. The van der Waals surface area contributed by atoms with Crippen LogP contribution >= 0.6 is 0 Å². The molecule has 0 bridgehead atoms. The molecule has 6 heteroatoms. The summed E-state index contributed by atoms with van der Waals surface area (Å²) in [6, 6.07) is 0. The van der Waals surface area contributed by atoms with Crippen molar-refractivity contribution in [3.8, 4) is 0 Å². The zero-order valence-corrected chi connectivity index (χ0v) is 40.5. The van der Waals surface area contributed by atoms with Crippen LogP contribution in [0, 0.1) is 0 Å². The fraction of sp³-hybridized carbons (Fsp3) is 0.907. The normalized spacial score (nSPS) is 12.0. The van der Waals surface area contributed by atoms with E-state index in [1.165, 1.54) is 186 Å². The molecule has 0 spiro atoms. The highest BCUT2D eigenvalue weighted by atomic mass is 16.6. The highest BCUT2D eigenvalue weighted by Crippen LogP contribution is 2.17. The Morgan fingerprint density at radius 3 is 0.900 bits per heavy atom. The Balaban J connectivity index is 4.26. The Morgan fingerprint density at radius 1 is 0.317 bits per heavy atom. The third kappa shape index (κ3) is 47.2. The lowest BCUT2D eigenvalue weighted by Crippen LogP contribution is -2.30. The second-order valence-corrected chi connectivity index (χ2v) is 18.2. The molecule has 0 aromatic rings. The molecule has 0 amide bonds. The Hall–Kier alpha value is -1.85. The molecule has 0 saturated heterocycles. The average Bonchev–Trinajstić information content (AvgIpc) is 3.24. The number of allylic oxidation sites excluding steroid dienone is 2. The molecule has 0 aromatic carbocycles. The van der Waals surface area contributed by atoms with E-state index in [-0.39, 0.29) is 31.1 Å². The number of ether oxygens (including phenoxy) is 3. The number of hydrogen-bond acceptors (Lipinski definition) is 6. The third-order valence-corrected chi connectivity index (χ3v) is 12.0. The van der Waals surface area contributed by atoms with Gasteiger partial charge in [-0.25, -0.2) is 0 Å². The molecule has 60 heavy (non-hydrogen) atoms. The fourth-order valence-corrected chi connectivity index (χ4v) is 7.98. The van der Waals surface area contributed by atoms with Crippen LogP contribution in [-0.2, 0) is 28.6 Å². The van der Waals surface area contributed by atoms with E-state index in [1.807, 2.05) is 0 Å². The summed E-state index contributed by atoms with van der Waals surface area (Å²) in [6.07, 6.45) is 54.9. The molecule has 0 saturated carbocycles. The van der Waals surface area contributed by atoms with Gasteiger partial charge in [-0.15, -0.1) is 0 Å². The Bertz CT molecular complexity index is 931. The van der Waals surface area contributed by atoms with Crippen molar-refractivity contribution in [2.24, 2.45) is 0 Å². The van der Waals surface area contributed by atoms with E-state index in [2.05, 4.69) is 32.9 Å². The molecule has 0 aliphatic heterocycles. The quantitative estimate of drug-likeness (QED) is 0.0263. The summed E-state index contributed by atoms with van der Waals surface area (Å²) in [5, 5.41) is 0. The van der Waals surface area contributed by atoms with Crippen LogP contribution in [0.5, 0.6) is 0 Å². The van der Waals surface area contributed by atoms with Gasteiger partial charge in [-0.3, -0.25) is 14.4 Å². The van der Waals surface area contributed by atoms with E-state index >= 15 is 0 Å². The first-order valence-corrected chi connectivity index (χ1v) is 26.7. The van der Waals surface area contributed by atoms with Gasteiger partial charge in [0.05, 0.1) is 0 Å². The van der Waals surface area contributed by atoms with E-state index in [0.29, 0.717) is 19.3 Å². The van der Waals surface area contributed by atoms with Crippen LogP contribution in [0.1, 0.15) is 297 Å². The van der Waals surface area contributed by atoms with E-state index in [1.54, 1.807) is 0 Å². The number of carbonyl (C=O) groups is 3. The molecular weight excluding hydrogens is 745 g/mol. The summed E-state index contributed by atoms with van der Waals surface area (Å²) in [4.78, 5) is 37.9. The fourth-order valence-electron chi connectivity index (χ4n) is 7.98. The number of rotatable bonds is 49. The molecule has 0 aliphatic rings. The summed E-state index contributed by atoms with van der Waals surface area (Å²) in [5.74, 6) is -0.860. The SMILES string of the molecule is CCC/C=C\CCCCCCCC(=O)OCC(COC(=O)CCCCCCCCCCCCCCCCCCCC)OC(=O)CCCCCCCCCCCCCCCC. The minimum absolute atomic E-state index is 0.0671. The van der Waals surface area contributed by atoms with Crippen molar-refractivity contribution in [3.05, 3.63) is 12.2 Å². The van der Waals surface area contributed by atoms with Crippen molar-refractivity contribution in [1.82, 2.24) is 0 Å². The predicted octanol–water partition coefficient (Wildman–Crippen LogP) is 17.4. The topological polar surface area (TPSA) is 78.9 Å². The van der Waals surface area contributed by atoms with Gasteiger partial charge < -0.3 is 14.2 Å². The molecule has 0 aromatic heterocycles. The summed E-state index contributed by atoms with van der Waals surface area (Å²) in [7, 11) is 0. The minimum atomic E-state index is -0.766. The molecule has 1 atom stereocenters. The smallest absolute Gasteiger partial charge is 0.306 e. The van der Waals surface area contributed by atoms with Crippen LogP contribution < -0.4 is 0 Å². The summed E-state index contributed by atoms with van der Waals surface area (Å²) >= 11 is 0. The lowest BCUT2D eigenvalue weighted by Gasteiger charge is -2.18. The Labute approximate surface area is 373 Å². The van der Waals surface area contributed by atoms with Crippen molar-refractivity contribution in [2.75, 3.05) is 13.2 Å². The van der Waals surface area contributed by atoms with E-state index in [0.717, 1.165) is 70.6 Å². The maximum Gasteiger partial charge on any atom is 0.306 e. The van der Waals surface area contributed by atoms with E-state index in [4.69, 9.17) is 14.2 Å². The predicted molar refractivity (Wildman–Crippen MR) is 256 cm³/mol. The largest absolute Gasteiger partial charge is 0.462 e. The average molecular weight is 847 g/mol. The first-order chi connectivity index (χ1) is 29.5. The first kappa shape index (κ1) is 58.1. The van der Waals surface area contributed by atoms with Crippen LogP contribution in [0.3, 0.4) is 0 Å². The van der Waals surface area contributed by atoms with Gasteiger partial charge in [-0.05, 0) is 38.5 Å². The molecular formula is C54H102O6. The van der Waals surface area contributed by atoms with Crippen LogP contribution in [0.4, 0.5) is 0 Å². The van der Waals surface area contributed by atoms with E-state index in [9.17, 15) is 14.4 Å². The molecule has 6 nitrogen and oxygen atoms in total. The van der Waals surface area contributed by atoms with Gasteiger partial charge in [0.25, 0.3) is 0 Å². The van der Waals surface area contributed by atoms with Crippen molar-refractivity contribution in [3.63, 3.8) is 0 Å². The molecule has 0 heterocycles. The summed E-state index contributed by atoms with van der Waals surface area (Å²) in [6.45, 7) is 6.61. The van der Waals surface area contributed by atoms with Crippen LogP contribution in [0.25, 0.3) is 0 Å². The van der Waals surface area contributed by atoms with Crippen LogP contribution in [-0.4, -0.2) is 37.2 Å². The second-order valence-electron chi connectivity index (χ2n) is 18.2. The van der Waals surface area contributed by atoms with E-state index < -0.39 is 6.10 Å².